The van der Waals surface area contributed by atoms with Crippen LogP contribution in [0.15, 0.2) is 41.5 Å². The summed E-state index contributed by atoms with van der Waals surface area (Å²) in [5.74, 6) is 3.10. The molecule has 8 nitrogen and oxygen atoms in total. The van der Waals surface area contributed by atoms with E-state index in [2.05, 4.69) is 44.6 Å². The minimum atomic E-state index is 0. The van der Waals surface area contributed by atoms with Gasteiger partial charge in [0, 0.05) is 57.6 Å². The summed E-state index contributed by atoms with van der Waals surface area (Å²) >= 11 is 0. The highest BCUT2D eigenvalue weighted by atomic mass is 127. The number of halogens is 1. The number of nitrogens with one attached hydrogen (secondary N) is 2. The van der Waals surface area contributed by atoms with Gasteiger partial charge in [-0.1, -0.05) is 13.0 Å². The number of ether oxygens (including phenoxy) is 3. The maximum atomic E-state index is 5.54. The molecule has 0 bridgehead atoms. The summed E-state index contributed by atoms with van der Waals surface area (Å²) in [4.78, 5) is 11.2. The number of nitrogens with zero attached hydrogens (tertiary/aromatic N) is 3. The van der Waals surface area contributed by atoms with Crippen molar-refractivity contribution in [2.75, 3.05) is 41.0 Å². The second-order valence-electron chi connectivity index (χ2n) is 7.86. The molecule has 9 heteroatoms. The molecule has 182 valence electrons. The van der Waals surface area contributed by atoms with Gasteiger partial charge in [0.1, 0.15) is 11.5 Å². The third-order valence-corrected chi connectivity index (χ3v) is 5.37. The Labute approximate surface area is 214 Å². The zero-order valence-corrected chi connectivity index (χ0v) is 22.3. The highest BCUT2D eigenvalue weighted by Gasteiger charge is 2.23. The van der Waals surface area contributed by atoms with Crippen LogP contribution < -0.4 is 24.8 Å². The summed E-state index contributed by atoms with van der Waals surface area (Å²) in [5.41, 5.74) is 2.26. The van der Waals surface area contributed by atoms with E-state index in [4.69, 9.17) is 14.2 Å². The molecule has 1 aliphatic heterocycles. The molecule has 2 N–H and O–H groups in total. The second-order valence-corrected chi connectivity index (χ2v) is 7.86. The van der Waals surface area contributed by atoms with Crippen LogP contribution in [0.2, 0.25) is 0 Å². The molecular weight excluding hydrogens is 533 g/mol. The summed E-state index contributed by atoms with van der Waals surface area (Å²) in [7, 11) is 5.15. The molecular formula is C24H36IN5O3. The van der Waals surface area contributed by atoms with E-state index in [1.807, 2.05) is 24.4 Å². The first-order valence-electron chi connectivity index (χ1n) is 11.1. The molecule has 0 saturated carbocycles. The number of likely N-dealkylation sites (tertiary alicyclic amines) is 1. The van der Waals surface area contributed by atoms with Gasteiger partial charge < -0.3 is 24.8 Å². The molecule has 0 amide bonds. The van der Waals surface area contributed by atoms with Gasteiger partial charge in [0.15, 0.2) is 5.96 Å². The molecule has 1 aliphatic rings. The van der Waals surface area contributed by atoms with Gasteiger partial charge >= 0.3 is 0 Å². The van der Waals surface area contributed by atoms with E-state index in [-0.39, 0.29) is 24.0 Å². The summed E-state index contributed by atoms with van der Waals surface area (Å²) in [6, 6.07) is 10.3. The Kier molecular flexibility index (Phi) is 11.5. The molecule has 1 atom stereocenters. The van der Waals surface area contributed by atoms with Crippen molar-refractivity contribution < 1.29 is 14.2 Å². The molecule has 0 radical (unpaired) electrons. The predicted molar refractivity (Wildman–Crippen MR) is 142 cm³/mol. The monoisotopic (exact) mass is 569 g/mol. The molecule has 0 spiro atoms. The number of hydrogen-bond donors (Lipinski definition) is 2. The van der Waals surface area contributed by atoms with Crippen molar-refractivity contribution in [2.24, 2.45) is 4.99 Å². The zero-order chi connectivity index (χ0) is 22.8. The number of hydrogen-bond acceptors (Lipinski definition) is 6. The topological polar surface area (TPSA) is 80.2 Å². The maximum Gasteiger partial charge on any atom is 0.213 e. The Morgan fingerprint density at radius 2 is 1.91 bits per heavy atom. The summed E-state index contributed by atoms with van der Waals surface area (Å²) in [5, 5.41) is 6.92. The lowest BCUT2D eigenvalue weighted by atomic mass is 10.2. The average molecular weight is 569 g/mol. The molecule has 1 saturated heterocycles. The van der Waals surface area contributed by atoms with Crippen molar-refractivity contribution in [3.8, 4) is 17.4 Å². The van der Waals surface area contributed by atoms with Crippen LogP contribution in [0.3, 0.4) is 0 Å². The SMILES string of the molecule is CCCOc1ccc(CNC(=NC)NC2CCN(Cc3cc(OC)cc(OC)c3)C2)cn1.I. The van der Waals surface area contributed by atoms with Gasteiger partial charge in [-0.15, -0.1) is 24.0 Å². The molecule has 0 aliphatic carbocycles. The van der Waals surface area contributed by atoms with E-state index in [0.29, 0.717) is 25.1 Å². The number of guanidine groups is 1. The second kappa shape index (κ2) is 14.1. The Hall–Kier alpha value is -2.27. The summed E-state index contributed by atoms with van der Waals surface area (Å²) < 4.78 is 16.3. The van der Waals surface area contributed by atoms with Gasteiger partial charge in [0.05, 0.1) is 20.8 Å². The average Bonchev–Trinajstić information content (AvgIpc) is 3.27. The Bertz CT molecular complexity index is 857. The highest BCUT2D eigenvalue weighted by molar-refractivity contribution is 14.0. The largest absolute Gasteiger partial charge is 0.497 e. The number of methoxy groups -OCH3 is 2. The van der Waals surface area contributed by atoms with Crippen molar-refractivity contribution in [1.82, 2.24) is 20.5 Å². The summed E-state index contributed by atoms with van der Waals surface area (Å²) in [6.45, 7) is 6.25. The van der Waals surface area contributed by atoms with E-state index in [1.165, 1.54) is 5.56 Å². The Morgan fingerprint density at radius 3 is 2.52 bits per heavy atom. The van der Waals surface area contributed by atoms with Gasteiger partial charge in [-0.05, 0) is 36.1 Å². The fraction of sp³-hybridized carbons (Fsp3) is 0.500. The van der Waals surface area contributed by atoms with Gasteiger partial charge in [-0.2, -0.15) is 0 Å². The molecule has 2 aromatic rings. The lowest BCUT2D eigenvalue weighted by Crippen LogP contribution is -2.44. The first-order valence-corrected chi connectivity index (χ1v) is 11.1. The number of benzene rings is 1. The lowest BCUT2D eigenvalue weighted by molar-refractivity contribution is 0.305. The normalized spacial score (nSPS) is 16.1. The number of aliphatic imine (C=N–C) groups is 1. The van der Waals surface area contributed by atoms with Crippen molar-refractivity contribution in [3.63, 3.8) is 0 Å². The minimum Gasteiger partial charge on any atom is -0.497 e. The molecule has 1 unspecified atom stereocenters. The minimum absolute atomic E-state index is 0. The maximum absolute atomic E-state index is 5.54. The van der Waals surface area contributed by atoms with Crippen molar-refractivity contribution in [1.29, 1.82) is 0 Å². The van der Waals surface area contributed by atoms with Gasteiger partial charge in [0.2, 0.25) is 5.88 Å². The van der Waals surface area contributed by atoms with Crippen molar-refractivity contribution >= 4 is 29.9 Å². The number of rotatable bonds is 10. The number of pyridine rings is 1. The van der Waals surface area contributed by atoms with E-state index in [9.17, 15) is 0 Å². The first-order chi connectivity index (χ1) is 15.6. The third kappa shape index (κ3) is 8.54. The van der Waals surface area contributed by atoms with Crippen LogP contribution in [0.4, 0.5) is 0 Å². The van der Waals surface area contributed by atoms with Gasteiger partial charge in [-0.3, -0.25) is 9.89 Å². The fourth-order valence-electron chi connectivity index (χ4n) is 3.69. The van der Waals surface area contributed by atoms with E-state index in [1.54, 1.807) is 21.3 Å². The third-order valence-electron chi connectivity index (χ3n) is 5.37. The molecule has 1 aromatic carbocycles. The van der Waals surface area contributed by atoms with Crippen LogP contribution in [0, 0.1) is 0 Å². The van der Waals surface area contributed by atoms with E-state index >= 15 is 0 Å². The van der Waals surface area contributed by atoms with E-state index < -0.39 is 0 Å². The van der Waals surface area contributed by atoms with Crippen LogP contribution in [0.1, 0.15) is 30.9 Å². The molecule has 3 rings (SSSR count). The molecule has 2 heterocycles. The van der Waals surface area contributed by atoms with Gasteiger partial charge in [-0.25, -0.2) is 4.98 Å². The smallest absolute Gasteiger partial charge is 0.213 e. The molecule has 33 heavy (non-hydrogen) atoms. The highest BCUT2D eigenvalue weighted by Crippen LogP contribution is 2.24. The zero-order valence-electron chi connectivity index (χ0n) is 20.0. The van der Waals surface area contributed by atoms with Gasteiger partial charge in [0.25, 0.3) is 0 Å². The van der Waals surface area contributed by atoms with Crippen LogP contribution in [-0.4, -0.2) is 62.8 Å². The number of aromatic nitrogens is 1. The Morgan fingerprint density at radius 1 is 1.15 bits per heavy atom. The van der Waals surface area contributed by atoms with Crippen molar-refractivity contribution in [3.05, 3.63) is 47.7 Å². The van der Waals surface area contributed by atoms with Crippen LogP contribution in [0.25, 0.3) is 0 Å². The quantitative estimate of drug-likeness (QED) is 0.258. The fourth-order valence-corrected chi connectivity index (χ4v) is 3.69. The van der Waals surface area contributed by atoms with Crippen LogP contribution in [0.5, 0.6) is 17.4 Å². The standard InChI is InChI=1S/C24H35N5O3.HI/c1-5-10-32-23-7-6-18(14-26-23)15-27-24(25-2)28-20-8-9-29(17-20)16-19-11-21(30-3)13-22(12-19)31-4;/h6-7,11-14,20H,5,8-10,15-17H2,1-4H3,(H2,25,27,28);1H. The molecule has 1 aromatic heterocycles. The Balaban J connectivity index is 0.00000385. The first kappa shape index (κ1) is 27.0. The van der Waals surface area contributed by atoms with Crippen LogP contribution in [-0.2, 0) is 13.1 Å². The van der Waals surface area contributed by atoms with E-state index in [0.717, 1.165) is 55.5 Å². The summed E-state index contributed by atoms with van der Waals surface area (Å²) in [6.07, 6.45) is 3.87. The van der Waals surface area contributed by atoms with Crippen LogP contribution >= 0.6 is 24.0 Å². The molecule has 1 fully saturated rings. The predicted octanol–water partition coefficient (Wildman–Crippen LogP) is 3.45. The lowest BCUT2D eigenvalue weighted by Gasteiger charge is -2.19. The van der Waals surface area contributed by atoms with Crippen molar-refractivity contribution in [2.45, 2.75) is 38.9 Å².